The predicted molar refractivity (Wildman–Crippen MR) is 75.5 cm³/mol. The third-order valence-corrected chi connectivity index (χ3v) is 4.66. The first-order valence-corrected chi connectivity index (χ1v) is 7.00. The summed E-state index contributed by atoms with van der Waals surface area (Å²) < 4.78 is 0. The third kappa shape index (κ3) is 2.65. The monoisotopic (exact) mass is 285 g/mol. The zero-order valence-corrected chi connectivity index (χ0v) is 12.1. The molecule has 0 N–H and O–H groups in total. The Morgan fingerprint density at radius 2 is 2.17 bits per heavy atom. The van der Waals surface area contributed by atoms with Crippen LogP contribution < -0.4 is 0 Å². The van der Waals surface area contributed by atoms with Gasteiger partial charge in [-0.2, -0.15) is 0 Å². The van der Waals surface area contributed by atoms with Gasteiger partial charge in [-0.1, -0.05) is 30.7 Å². The van der Waals surface area contributed by atoms with E-state index in [1.54, 1.807) is 6.07 Å². The highest BCUT2D eigenvalue weighted by Crippen LogP contribution is 2.26. The number of amides is 1. The van der Waals surface area contributed by atoms with Crippen LogP contribution in [0.25, 0.3) is 0 Å². The number of hydrogen-bond acceptors (Lipinski definition) is 1. The number of likely N-dealkylation sites (tertiary alicyclic amines) is 1. The minimum atomic E-state index is 0.0131. The molecule has 98 valence electrons. The van der Waals surface area contributed by atoms with Crippen molar-refractivity contribution in [1.82, 2.24) is 4.90 Å². The van der Waals surface area contributed by atoms with Crippen molar-refractivity contribution in [2.75, 3.05) is 13.1 Å². The van der Waals surface area contributed by atoms with Crippen LogP contribution in [0.2, 0.25) is 5.02 Å². The van der Waals surface area contributed by atoms with E-state index in [9.17, 15) is 4.79 Å². The number of piperidine rings is 1. The summed E-state index contributed by atoms with van der Waals surface area (Å²) in [5.74, 6) is 0.340. The summed E-state index contributed by atoms with van der Waals surface area (Å²) in [5, 5.41) is 0.727. The molecule has 2 rings (SSSR count). The predicted octanol–water partition coefficient (Wildman–Crippen LogP) is 3.74. The van der Waals surface area contributed by atoms with E-state index < -0.39 is 0 Å². The van der Waals surface area contributed by atoms with E-state index in [-0.39, 0.29) is 11.3 Å². The molecular formula is C14H17Cl2NO. The molecule has 2 atom stereocenters. The third-order valence-electron chi connectivity index (χ3n) is 3.51. The fraction of sp³-hybridized carbons (Fsp3) is 0.500. The SMILES string of the molecule is Cc1cccc(C(=O)N2CCC(Cl)C(C)C2)c1Cl. The van der Waals surface area contributed by atoms with Crippen molar-refractivity contribution in [2.45, 2.75) is 25.6 Å². The van der Waals surface area contributed by atoms with Crippen molar-refractivity contribution in [3.63, 3.8) is 0 Å². The maximum Gasteiger partial charge on any atom is 0.255 e. The second kappa shape index (κ2) is 5.50. The molecule has 1 aromatic rings. The summed E-state index contributed by atoms with van der Waals surface area (Å²) in [6.45, 7) is 5.40. The molecule has 1 fully saturated rings. The Hall–Kier alpha value is -0.730. The summed E-state index contributed by atoms with van der Waals surface area (Å²) in [6.07, 6.45) is 0.845. The van der Waals surface area contributed by atoms with Crippen molar-refractivity contribution in [1.29, 1.82) is 0 Å². The van der Waals surface area contributed by atoms with Crippen molar-refractivity contribution in [3.05, 3.63) is 34.3 Å². The van der Waals surface area contributed by atoms with Crippen LogP contribution in [-0.4, -0.2) is 29.3 Å². The zero-order valence-electron chi connectivity index (χ0n) is 10.6. The highest BCUT2D eigenvalue weighted by Gasteiger charge is 2.28. The van der Waals surface area contributed by atoms with E-state index in [0.29, 0.717) is 29.6 Å². The second-order valence-corrected chi connectivity index (χ2v) is 5.91. The van der Waals surface area contributed by atoms with Gasteiger partial charge in [0.05, 0.1) is 10.6 Å². The van der Waals surface area contributed by atoms with Crippen LogP contribution in [0.15, 0.2) is 18.2 Å². The standard InChI is InChI=1S/C14H17Cl2NO/c1-9-4-3-5-11(13(9)16)14(18)17-7-6-12(15)10(2)8-17/h3-5,10,12H,6-8H2,1-2H3. The zero-order chi connectivity index (χ0) is 13.3. The van der Waals surface area contributed by atoms with E-state index in [1.807, 2.05) is 24.0 Å². The van der Waals surface area contributed by atoms with Crippen molar-refractivity contribution < 1.29 is 4.79 Å². The van der Waals surface area contributed by atoms with Gasteiger partial charge in [-0.3, -0.25) is 4.79 Å². The Kier molecular flexibility index (Phi) is 4.18. The lowest BCUT2D eigenvalue weighted by Crippen LogP contribution is -2.43. The maximum atomic E-state index is 12.4. The smallest absolute Gasteiger partial charge is 0.255 e. The van der Waals surface area contributed by atoms with Gasteiger partial charge in [-0.25, -0.2) is 0 Å². The molecule has 0 bridgehead atoms. The Morgan fingerprint density at radius 1 is 1.44 bits per heavy atom. The molecular weight excluding hydrogens is 269 g/mol. The normalized spacial score (nSPS) is 24.1. The quantitative estimate of drug-likeness (QED) is 0.720. The highest BCUT2D eigenvalue weighted by atomic mass is 35.5. The number of carbonyl (C=O) groups excluding carboxylic acids is 1. The van der Waals surface area contributed by atoms with Gasteiger partial charge in [0.15, 0.2) is 0 Å². The van der Waals surface area contributed by atoms with E-state index in [4.69, 9.17) is 23.2 Å². The van der Waals surface area contributed by atoms with Crippen molar-refractivity contribution in [2.24, 2.45) is 5.92 Å². The van der Waals surface area contributed by atoms with E-state index >= 15 is 0 Å². The number of benzene rings is 1. The molecule has 0 aliphatic carbocycles. The number of rotatable bonds is 1. The molecule has 2 nitrogen and oxygen atoms in total. The highest BCUT2D eigenvalue weighted by molar-refractivity contribution is 6.34. The maximum absolute atomic E-state index is 12.4. The Morgan fingerprint density at radius 3 is 2.83 bits per heavy atom. The molecule has 18 heavy (non-hydrogen) atoms. The van der Waals surface area contributed by atoms with Crippen LogP contribution in [0, 0.1) is 12.8 Å². The minimum absolute atomic E-state index is 0.0131. The molecule has 0 aromatic heterocycles. The fourth-order valence-electron chi connectivity index (χ4n) is 2.28. The average Bonchev–Trinajstić information content (AvgIpc) is 2.35. The molecule has 2 unspecified atom stereocenters. The van der Waals surface area contributed by atoms with Gasteiger partial charge in [0.25, 0.3) is 5.91 Å². The molecule has 1 heterocycles. The van der Waals surface area contributed by atoms with E-state index in [2.05, 4.69) is 6.92 Å². The van der Waals surface area contributed by atoms with Crippen LogP contribution in [-0.2, 0) is 0 Å². The first-order chi connectivity index (χ1) is 8.50. The Balaban J connectivity index is 2.19. The van der Waals surface area contributed by atoms with Crippen LogP contribution >= 0.6 is 23.2 Å². The first-order valence-electron chi connectivity index (χ1n) is 6.19. The molecule has 1 aliphatic heterocycles. The minimum Gasteiger partial charge on any atom is -0.338 e. The van der Waals surface area contributed by atoms with Gasteiger partial charge < -0.3 is 4.90 Å². The number of carbonyl (C=O) groups is 1. The first kappa shape index (κ1) is 13.7. The second-order valence-electron chi connectivity index (χ2n) is 4.97. The summed E-state index contributed by atoms with van der Waals surface area (Å²) >= 11 is 12.4. The molecule has 1 aliphatic rings. The van der Waals surface area contributed by atoms with Crippen LogP contribution in [0.1, 0.15) is 29.3 Å². The average molecular weight is 286 g/mol. The molecule has 1 aromatic carbocycles. The lowest BCUT2D eigenvalue weighted by Gasteiger charge is -2.34. The van der Waals surface area contributed by atoms with Crippen molar-refractivity contribution in [3.8, 4) is 0 Å². The molecule has 1 saturated heterocycles. The van der Waals surface area contributed by atoms with E-state index in [1.165, 1.54) is 0 Å². The molecule has 4 heteroatoms. The van der Waals surface area contributed by atoms with Crippen molar-refractivity contribution >= 4 is 29.1 Å². The summed E-state index contributed by atoms with van der Waals surface area (Å²) in [5.41, 5.74) is 1.53. The van der Waals surface area contributed by atoms with Crippen LogP contribution in [0.3, 0.4) is 0 Å². The topological polar surface area (TPSA) is 20.3 Å². The number of aryl methyl sites for hydroxylation is 1. The van der Waals surface area contributed by atoms with Crippen LogP contribution in [0.5, 0.6) is 0 Å². The van der Waals surface area contributed by atoms with Gasteiger partial charge >= 0.3 is 0 Å². The summed E-state index contributed by atoms with van der Waals surface area (Å²) in [7, 11) is 0. The van der Waals surface area contributed by atoms with E-state index in [0.717, 1.165) is 12.0 Å². The summed E-state index contributed by atoms with van der Waals surface area (Å²) in [6, 6.07) is 5.56. The molecule has 0 radical (unpaired) electrons. The lowest BCUT2D eigenvalue weighted by molar-refractivity contribution is 0.0687. The molecule has 0 saturated carbocycles. The molecule has 0 spiro atoms. The van der Waals surface area contributed by atoms with Gasteiger partial charge in [-0.05, 0) is 30.9 Å². The van der Waals surface area contributed by atoms with Gasteiger partial charge in [0.1, 0.15) is 0 Å². The largest absolute Gasteiger partial charge is 0.338 e. The van der Waals surface area contributed by atoms with Gasteiger partial charge in [0.2, 0.25) is 0 Å². The van der Waals surface area contributed by atoms with Crippen LogP contribution in [0.4, 0.5) is 0 Å². The number of alkyl halides is 1. The Bertz CT molecular complexity index is 461. The van der Waals surface area contributed by atoms with Gasteiger partial charge in [0, 0.05) is 18.5 Å². The number of hydrogen-bond donors (Lipinski definition) is 0. The molecule has 1 amide bonds. The Labute approximate surface area is 118 Å². The number of halogens is 2. The number of nitrogens with zero attached hydrogens (tertiary/aromatic N) is 1. The van der Waals surface area contributed by atoms with Gasteiger partial charge in [-0.15, -0.1) is 11.6 Å². The lowest BCUT2D eigenvalue weighted by atomic mass is 9.98. The fourth-order valence-corrected chi connectivity index (χ4v) is 2.67. The summed E-state index contributed by atoms with van der Waals surface area (Å²) in [4.78, 5) is 14.3.